The Morgan fingerprint density at radius 1 is 1.56 bits per heavy atom. The lowest BCUT2D eigenvalue weighted by molar-refractivity contribution is 0.102. The first kappa shape index (κ1) is 11.6. The van der Waals surface area contributed by atoms with Crippen LogP contribution in [0.15, 0.2) is 29.2 Å². The van der Waals surface area contributed by atoms with Crippen LogP contribution in [0.25, 0.3) is 0 Å². The van der Waals surface area contributed by atoms with Crippen LogP contribution in [0.4, 0.5) is 5.82 Å². The molecule has 0 atom stereocenters. The first-order valence-electron chi connectivity index (χ1n) is 5.04. The van der Waals surface area contributed by atoms with Crippen LogP contribution >= 0.6 is 0 Å². The van der Waals surface area contributed by atoms with E-state index in [9.17, 15) is 9.59 Å². The summed E-state index contributed by atoms with van der Waals surface area (Å²) in [5, 5.41) is 15.2. The lowest BCUT2D eigenvalue weighted by Gasteiger charge is -2.01. The van der Waals surface area contributed by atoms with Crippen molar-refractivity contribution in [2.24, 2.45) is 7.05 Å². The van der Waals surface area contributed by atoms with Gasteiger partial charge in [0.25, 0.3) is 5.91 Å². The zero-order valence-corrected chi connectivity index (χ0v) is 9.47. The number of rotatable bonds is 2. The predicted octanol–water partition coefficient (Wildman–Crippen LogP) is 0.232. The zero-order valence-electron chi connectivity index (χ0n) is 9.47. The highest BCUT2D eigenvalue weighted by atomic mass is 16.2. The molecule has 7 heteroatoms. The fourth-order valence-corrected chi connectivity index (χ4v) is 1.42. The van der Waals surface area contributed by atoms with Crippen LogP contribution in [-0.4, -0.2) is 20.7 Å². The van der Waals surface area contributed by atoms with E-state index in [0.717, 1.165) is 0 Å². The summed E-state index contributed by atoms with van der Waals surface area (Å²) in [6, 6.07) is 6.15. The van der Waals surface area contributed by atoms with Crippen molar-refractivity contribution in [1.82, 2.24) is 14.8 Å². The number of amides is 1. The quantitative estimate of drug-likeness (QED) is 0.787. The van der Waals surface area contributed by atoms with Gasteiger partial charge in [0.2, 0.25) is 5.56 Å². The Kier molecular flexibility index (Phi) is 2.93. The average molecular weight is 243 g/mol. The van der Waals surface area contributed by atoms with Gasteiger partial charge in [0.1, 0.15) is 17.3 Å². The SMILES string of the molecule is Cn1cc(C#N)c(NC(=O)c2cccc(=O)[nH]2)n1. The first-order chi connectivity index (χ1) is 8.60. The van der Waals surface area contributed by atoms with E-state index in [-0.39, 0.29) is 22.6 Å². The maximum atomic E-state index is 11.8. The van der Waals surface area contributed by atoms with E-state index in [4.69, 9.17) is 5.26 Å². The van der Waals surface area contributed by atoms with Gasteiger partial charge >= 0.3 is 0 Å². The molecule has 7 nitrogen and oxygen atoms in total. The molecule has 0 radical (unpaired) electrons. The van der Waals surface area contributed by atoms with Crippen molar-refractivity contribution in [3.05, 3.63) is 46.0 Å². The fraction of sp³-hybridized carbons (Fsp3) is 0.0909. The summed E-state index contributed by atoms with van der Waals surface area (Å²) in [6.07, 6.45) is 1.49. The van der Waals surface area contributed by atoms with Crippen LogP contribution in [0, 0.1) is 11.3 Å². The molecule has 2 aromatic heterocycles. The van der Waals surface area contributed by atoms with Gasteiger partial charge in [0.15, 0.2) is 5.82 Å². The molecule has 2 rings (SSSR count). The van der Waals surface area contributed by atoms with Gasteiger partial charge in [0.05, 0.1) is 0 Å². The number of hydrogen-bond acceptors (Lipinski definition) is 4. The predicted molar refractivity (Wildman–Crippen MR) is 62.9 cm³/mol. The number of carbonyl (C=O) groups is 1. The molecule has 0 saturated heterocycles. The Bertz CT molecular complexity index is 692. The van der Waals surface area contributed by atoms with Crippen molar-refractivity contribution >= 4 is 11.7 Å². The van der Waals surface area contributed by atoms with Crippen LogP contribution in [0.1, 0.15) is 16.1 Å². The number of nitrogens with one attached hydrogen (secondary N) is 2. The van der Waals surface area contributed by atoms with E-state index in [0.29, 0.717) is 0 Å². The number of H-pyrrole nitrogens is 1. The van der Waals surface area contributed by atoms with Crippen molar-refractivity contribution in [3.8, 4) is 6.07 Å². The number of aromatic amines is 1. The maximum absolute atomic E-state index is 11.8. The van der Waals surface area contributed by atoms with Gasteiger partial charge < -0.3 is 10.3 Å². The number of aryl methyl sites for hydroxylation is 1. The first-order valence-corrected chi connectivity index (χ1v) is 5.04. The van der Waals surface area contributed by atoms with Crippen LogP contribution in [0.2, 0.25) is 0 Å². The Morgan fingerprint density at radius 2 is 2.33 bits per heavy atom. The van der Waals surface area contributed by atoms with Gasteiger partial charge in [0, 0.05) is 19.3 Å². The molecule has 18 heavy (non-hydrogen) atoms. The number of pyridine rings is 1. The van der Waals surface area contributed by atoms with Crippen molar-refractivity contribution in [2.75, 3.05) is 5.32 Å². The largest absolute Gasteiger partial charge is 0.318 e. The molecule has 0 saturated carbocycles. The van der Waals surface area contributed by atoms with E-state index in [1.165, 1.54) is 29.1 Å². The Labute approximate surface area is 102 Å². The van der Waals surface area contributed by atoms with Crippen molar-refractivity contribution < 1.29 is 4.79 Å². The minimum Gasteiger partial charge on any atom is -0.318 e. The van der Waals surface area contributed by atoms with Crippen molar-refractivity contribution in [1.29, 1.82) is 5.26 Å². The van der Waals surface area contributed by atoms with Crippen LogP contribution in [-0.2, 0) is 7.05 Å². The topological polar surface area (TPSA) is 104 Å². The molecule has 0 aliphatic heterocycles. The number of carbonyl (C=O) groups excluding carboxylic acids is 1. The standard InChI is InChI=1S/C11H9N5O2/c1-16-6-7(5-12)10(15-16)14-11(18)8-3-2-4-9(17)13-8/h2-4,6H,1H3,(H,13,17)(H,14,15,18). The van der Waals surface area contributed by atoms with Gasteiger partial charge in [-0.15, -0.1) is 0 Å². The molecule has 90 valence electrons. The molecule has 0 aliphatic carbocycles. The third kappa shape index (κ3) is 2.27. The number of hydrogen-bond donors (Lipinski definition) is 2. The second-order valence-corrected chi connectivity index (χ2v) is 3.56. The monoisotopic (exact) mass is 243 g/mol. The summed E-state index contributed by atoms with van der Waals surface area (Å²) >= 11 is 0. The molecule has 0 spiro atoms. The van der Waals surface area contributed by atoms with Gasteiger partial charge in [-0.05, 0) is 6.07 Å². The Hall–Kier alpha value is -2.88. The third-order valence-electron chi connectivity index (χ3n) is 2.19. The highest BCUT2D eigenvalue weighted by molar-refractivity contribution is 6.02. The fourth-order valence-electron chi connectivity index (χ4n) is 1.42. The zero-order chi connectivity index (χ0) is 13.1. The lowest BCUT2D eigenvalue weighted by Crippen LogP contribution is -2.18. The highest BCUT2D eigenvalue weighted by Crippen LogP contribution is 2.11. The van der Waals surface area contributed by atoms with E-state index in [1.807, 2.05) is 6.07 Å². The molecule has 0 bridgehead atoms. The molecule has 0 aliphatic rings. The van der Waals surface area contributed by atoms with Gasteiger partial charge in [-0.3, -0.25) is 14.3 Å². The number of nitriles is 1. The minimum absolute atomic E-state index is 0.108. The summed E-state index contributed by atoms with van der Waals surface area (Å²) in [7, 11) is 1.64. The van der Waals surface area contributed by atoms with Gasteiger partial charge in [-0.2, -0.15) is 10.4 Å². The second kappa shape index (κ2) is 4.55. The highest BCUT2D eigenvalue weighted by Gasteiger charge is 2.12. The molecule has 2 heterocycles. The third-order valence-corrected chi connectivity index (χ3v) is 2.19. The number of anilines is 1. The van der Waals surface area contributed by atoms with Crippen LogP contribution < -0.4 is 10.9 Å². The Balaban J connectivity index is 2.27. The van der Waals surface area contributed by atoms with Gasteiger partial charge in [-0.25, -0.2) is 0 Å². The molecule has 2 N–H and O–H groups in total. The minimum atomic E-state index is -0.525. The van der Waals surface area contributed by atoms with Crippen LogP contribution in [0.5, 0.6) is 0 Å². The summed E-state index contributed by atoms with van der Waals surface area (Å²) < 4.78 is 1.42. The smallest absolute Gasteiger partial charge is 0.273 e. The molecular weight excluding hydrogens is 234 g/mol. The summed E-state index contributed by atoms with van der Waals surface area (Å²) in [5.41, 5.74) is -0.00894. The summed E-state index contributed by atoms with van der Waals surface area (Å²) in [5.74, 6) is -0.363. The van der Waals surface area contributed by atoms with Crippen molar-refractivity contribution in [3.63, 3.8) is 0 Å². The Morgan fingerprint density at radius 3 is 3.00 bits per heavy atom. The second-order valence-electron chi connectivity index (χ2n) is 3.56. The average Bonchev–Trinajstić information content (AvgIpc) is 2.69. The molecule has 2 aromatic rings. The molecule has 0 aromatic carbocycles. The van der Waals surface area contributed by atoms with Gasteiger partial charge in [-0.1, -0.05) is 6.07 Å². The van der Waals surface area contributed by atoms with Crippen LogP contribution in [0.3, 0.4) is 0 Å². The molecule has 0 unspecified atom stereocenters. The molecule has 1 amide bonds. The van der Waals surface area contributed by atoms with E-state index < -0.39 is 5.91 Å². The van der Waals surface area contributed by atoms with E-state index in [1.54, 1.807) is 7.05 Å². The van der Waals surface area contributed by atoms with E-state index in [2.05, 4.69) is 15.4 Å². The van der Waals surface area contributed by atoms with Crippen molar-refractivity contribution in [2.45, 2.75) is 0 Å². The molecular formula is C11H9N5O2. The molecule has 0 fully saturated rings. The maximum Gasteiger partial charge on any atom is 0.273 e. The summed E-state index contributed by atoms with van der Waals surface area (Å²) in [4.78, 5) is 25.3. The normalized spacial score (nSPS) is 9.78. The lowest BCUT2D eigenvalue weighted by atomic mass is 10.3. The van der Waals surface area contributed by atoms with E-state index >= 15 is 0 Å². The number of aromatic nitrogens is 3. The summed E-state index contributed by atoms with van der Waals surface area (Å²) in [6.45, 7) is 0. The number of nitrogens with zero attached hydrogens (tertiary/aromatic N) is 3.